The predicted octanol–water partition coefficient (Wildman–Crippen LogP) is 3.98. The van der Waals surface area contributed by atoms with E-state index < -0.39 is 5.41 Å². The Morgan fingerprint density at radius 2 is 1.97 bits per heavy atom. The number of nitrogens with one attached hydrogen (secondary N) is 1. The van der Waals surface area contributed by atoms with Crippen LogP contribution in [0.5, 0.6) is 0 Å². The van der Waals surface area contributed by atoms with Gasteiger partial charge < -0.3 is 5.32 Å². The lowest BCUT2D eigenvalue weighted by atomic mass is 9.68. The van der Waals surface area contributed by atoms with Gasteiger partial charge in [-0.2, -0.15) is 5.10 Å². The molecule has 30 heavy (non-hydrogen) atoms. The van der Waals surface area contributed by atoms with Crippen molar-refractivity contribution in [1.82, 2.24) is 15.1 Å². The second kappa shape index (κ2) is 8.01. The smallest absolute Gasteiger partial charge is 0.226 e. The molecule has 0 radical (unpaired) electrons. The van der Waals surface area contributed by atoms with Gasteiger partial charge in [0.1, 0.15) is 11.6 Å². The van der Waals surface area contributed by atoms with Crippen molar-refractivity contribution in [2.24, 2.45) is 5.41 Å². The van der Waals surface area contributed by atoms with Crippen molar-refractivity contribution in [2.75, 3.05) is 7.05 Å². The summed E-state index contributed by atoms with van der Waals surface area (Å²) in [6.07, 6.45) is 4.37. The van der Waals surface area contributed by atoms with Crippen molar-refractivity contribution in [3.63, 3.8) is 0 Å². The van der Waals surface area contributed by atoms with Crippen LogP contribution in [0.1, 0.15) is 34.4 Å². The number of nitrogens with zero attached hydrogens (tertiary/aromatic N) is 2. The van der Waals surface area contributed by atoms with E-state index in [1.807, 2.05) is 16.9 Å². The van der Waals surface area contributed by atoms with Gasteiger partial charge in [0, 0.05) is 13.2 Å². The van der Waals surface area contributed by atoms with Crippen molar-refractivity contribution in [2.45, 2.75) is 39.2 Å². The predicted molar refractivity (Wildman–Crippen MR) is 111 cm³/mol. The van der Waals surface area contributed by atoms with Gasteiger partial charge in [-0.1, -0.05) is 24.3 Å². The zero-order valence-corrected chi connectivity index (χ0v) is 17.2. The van der Waals surface area contributed by atoms with Crippen LogP contribution >= 0.6 is 0 Å². The molecule has 3 aromatic rings. The van der Waals surface area contributed by atoms with Crippen LogP contribution in [0.15, 0.2) is 48.7 Å². The Bertz CT molecular complexity index is 1070. The normalized spacial score (nSPS) is 18.1. The van der Waals surface area contributed by atoms with Crippen molar-refractivity contribution in [3.8, 4) is 0 Å². The lowest BCUT2D eigenvalue weighted by molar-refractivity contribution is -0.131. The van der Waals surface area contributed by atoms with Crippen LogP contribution in [0, 0.1) is 24.0 Å². The summed E-state index contributed by atoms with van der Waals surface area (Å²) in [5.74, 6) is -0.534. The molecule has 1 aromatic heterocycles. The molecule has 0 aliphatic heterocycles. The molecule has 0 saturated carbocycles. The van der Waals surface area contributed by atoms with E-state index in [9.17, 15) is 13.6 Å². The average molecular weight is 409 g/mol. The van der Waals surface area contributed by atoms with E-state index in [2.05, 4.69) is 10.4 Å². The van der Waals surface area contributed by atoms with Crippen molar-refractivity contribution < 1.29 is 13.6 Å². The van der Waals surface area contributed by atoms with Gasteiger partial charge in [-0.3, -0.25) is 9.48 Å². The van der Waals surface area contributed by atoms with Gasteiger partial charge >= 0.3 is 0 Å². The van der Waals surface area contributed by atoms with E-state index in [0.717, 1.165) is 22.4 Å². The zero-order chi connectivity index (χ0) is 21.3. The molecule has 1 unspecified atom stereocenters. The molecule has 0 spiro atoms. The van der Waals surface area contributed by atoms with Crippen LogP contribution < -0.4 is 5.32 Å². The molecular formula is C24H25F2N3O. The quantitative estimate of drug-likeness (QED) is 0.693. The number of benzene rings is 2. The number of amides is 1. The van der Waals surface area contributed by atoms with Gasteiger partial charge in [0.2, 0.25) is 5.91 Å². The summed E-state index contributed by atoms with van der Waals surface area (Å²) in [5.41, 5.74) is 3.82. The summed E-state index contributed by atoms with van der Waals surface area (Å²) in [4.78, 5) is 13.0. The summed E-state index contributed by atoms with van der Waals surface area (Å²) < 4.78 is 29.1. The molecule has 0 saturated heterocycles. The van der Waals surface area contributed by atoms with Crippen molar-refractivity contribution >= 4 is 5.91 Å². The zero-order valence-electron chi connectivity index (χ0n) is 17.2. The monoisotopic (exact) mass is 409 g/mol. The molecule has 4 rings (SSSR count). The summed E-state index contributed by atoms with van der Waals surface area (Å²) >= 11 is 0. The molecule has 1 atom stereocenters. The van der Waals surface area contributed by atoms with Crippen molar-refractivity contribution in [3.05, 3.63) is 88.2 Å². The van der Waals surface area contributed by atoms with Gasteiger partial charge in [0.05, 0.1) is 17.7 Å². The van der Waals surface area contributed by atoms with E-state index in [1.54, 1.807) is 32.2 Å². The van der Waals surface area contributed by atoms with E-state index in [1.165, 1.54) is 18.2 Å². The SMILES string of the molecule is CNC(=O)C1(Cc2cccc(F)c2C)CCc2nn(Cc3ccc(F)cc3)cc2C1. The maximum Gasteiger partial charge on any atom is 0.226 e. The molecule has 1 aliphatic carbocycles. The van der Waals surface area contributed by atoms with Crippen LogP contribution in [-0.4, -0.2) is 22.7 Å². The highest BCUT2D eigenvalue weighted by molar-refractivity contribution is 5.83. The minimum atomic E-state index is -0.635. The Kier molecular flexibility index (Phi) is 5.41. The highest BCUT2D eigenvalue weighted by Crippen LogP contribution is 2.39. The molecular weight excluding hydrogens is 384 g/mol. The number of hydrogen-bond acceptors (Lipinski definition) is 2. The standard InChI is InChI=1S/C24H25F2N3O/c1-16-18(4-3-5-21(16)26)12-24(23(30)27-2)11-10-22-19(13-24)15-29(28-22)14-17-6-8-20(25)9-7-17/h3-9,15H,10-14H2,1-2H3,(H,27,30). The number of halogens is 2. The second-order valence-corrected chi connectivity index (χ2v) is 8.16. The largest absolute Gasteiger partial charge is 0.359 e. The van der Waals surface area contributed by atoms with Crippen LogP contribution in [0.25, 0.3) is 0 Å². The number of aryl methyl sites for hydroxylation is 1. The first kappa shape index (κ1) is 20.3. The Morgan fingerprint density at radius 1 is 1.20 bits per heavy atom. The fraction of sp³-hybridized carbons (Fsp3) is 0.333. The molecule has 156 valence electrons. The van der Waals surface area contributed by atoms with Gasteiger partial charge in [-0.05, 0) is 73.1 Å². The molecule has 1 aliphatic rings. The third-order valence-corrected chi connectivity index (χ3v) is 6.17. The molecule has 4 nitrogen and oxygen atoms in total. The van der Waals surface area contributed by atoms with E-state index in [4.69, 9.17) is 0 Å². The third-order valence-electron chi connectivity index (χ3n) is 6.17. The van der Waals surface area contributed by atoms with Crippen LogP contribution in [0.2, 0.25) is 0 Å². The van der Waals surface area contributed by atoms with E-state index in [-0.39, 0.29) is 17.5 Å². The number of carbonyl (C=O) groups is 1. The van der Waals surface area contributed by atoms with Crippen molar-refractivity contribution in [1.29, 1.82) is 0 Å². The second-order valence-electron chi connectivity index (χ2n) is 8.16. The fourth-order valence-electron chi connectivity index (χ4n) is 4.43. The number of fused-ring (bicyclic) bond motifs is 1. The third kappa shape index (κ3) is 3.86. The van der Waals surface area contributed by atoms with Crippen LogP contribution in [0.4, 0.5) is 8.78 Å². The Labute approximate surface area is 174 Å². The first-order valence-electron chi connectivity index (χ1n) is 10.2. The maximum atomic E-state index is 14.1. The van der Waals surface area contributed by atoms with Gasteiger partial charge in [0.25, 0.3) is 0 Å². The van der Waals surface area contributed by atoms with Gasteiger partial charge in [-0.15, -0.1) is 0 Å². The van der Waals surface area contributed by atoms with Gasteiger partial charge in [0.15, 0.2) is 0 Å². The maximum absolute atomic E-state index is 14.1. The lowest BCUT2D eigenvalue weighted by Gasteiger charge is -2.35. The number of carbonyl (C=O) groups excluding carboxylic acids is 1. The Balaban J connectivity index is 1.61. The molecule has 1 heterocycles. The Morgan fingerprint density at radius 3 is 2.70 bits per heavy atom. The topological polar surface area (TPSA) is 46.9 Å². The summed E-state index contributed by atoms with van der Waals surface area (Å²) in [6.45, 7) is 2.31. The minimum Gasteiger partial charge on any atom is -0.359 e. The first-order chi connectivity index (χ1) is 14.4. The lowest BCUT2D eigenvalue weighted by Crippen LogP contribution is -2.45. The molecule has 0 fully saturated rings. The molecule has 1 N–H and O–H groups in total. The average Bonchev–Trinajstić information content (AvgIpc) is 3.13. The molecule has 2 aromatic carbocycles. The highest BCUT2D eigenvalue weighted by Gasteiger charge is 2.42. The van der Waals surface area contributed by atoms with E-state index in [0.29, 0.717) is 37.8 Å². The minimum absolute atomic E-state index is 0.0249. The first-order valence-corrected chi connectivity index (χ1v) is 10.2. The Hall–Kier alpha value is -3.02. The van der Waals surface area contributed by atoms with Crippen LogP contribution in [0.3, 0.4) is 0 Å². The number of hydrogen-bond donors (Lipinski definition) is 1. The number of rotatable bonds is 5. The van der Waals surface area contributed by atoms with Crippen LogP contribution in [-0.2, 0) is 30.6 Å². The van der Waals surface area contributed by atoms with E-state index >= 15 is 0 Å². The molecule has 6 heteroatoms. The summed E-state index contributed by atoms with van der Waals surface area (Å²) in [6, 6.07) is 11.4. The molecule has 0 bridgehead atoms. The fourth-order valence-corrected chi connectivity index (χ4v) is 4.43. The molecule has 1 amide bonds. The summed E-state index contributed by atoms with van der Waals surface area (Å²) in [7, 11) is 1.65. The number of aromatic nitrogens is 2. The van der Waals surface area contributed by atoms with Gasteiger partial charge in [-0.25, -0.2) is 8.78 Å². The summed E-state index contributed by atoms with van der Waals surface area (Å²) in [5, 5.41) is 7.51. The highest BCUT2D eigenvalue weighted by atomic mass is 19.1.